The van der Waals surface area contributed by atoms with E-state index in [1.54, 1.807) is 13.0 Å². The van der Waals surface area contributed by atoms with E-state index in [0.717, 1.165) is 36.1 Å². The number of likely N-dealkylation sites (tertiary alicyclic amines) is 1. The van der Waals surface area contributed by atoms with Gasteiger partial charge in [0.05, 0.1) is 18.8 Å². The van der Waals surface area contributed by atoms with Gasteiger partial charge >= 0.3 is 5.97 Å². The summed E-state index contributed by atoms with van der Waals surface area (Å²) in [5, 5.41) is 19.3. The summed E-state index contributed by atoms with van der Waals surface area (Å²) in [6, 6.07) is 13.6. The Labute approximate surface area is 195 Å². The highest BCUT2D eigenvalue weighted by Gasteiger charge is 2.29. The summed E-state index contributed by atoms with van der Waals surface area (Å²) in [7, 11) is 0. The summed E-state index contributed by atoms with van der Waals surface area (Å²) < 4.78 is 19.8. The minimum atomic E-state index is -0.811. The maximum absolute atomic E-state index is 13.8. The van der Waals surface area contributed by atoms with Gasteiger partial charge in [0.1, 0.15) is 5.82 Å². The number of carboxylic acids is 1. The fourth-order valence-corrected chi connectivity index (χ4v) is 4.12. The van der Waals surface area contributed by atoms with Crippen LogP contribution in [-0.4, -0.2) is 52.9 Å². The number of rotatable bonds is 12. The quantitative estimate of drug-likeness (QED) is 0.483. The summed E-state index contributed by atoms with van der Waals surface area (Å²) in [6.07, 6.45) is 5.37. The summed E-state index contributed by atoms with van der Waals surface area (Å²) in [4.78, 5) is 12.9. The van der Waals surface area contributed by atoms with E-state index in [2.05, 4.69) is 4.90 Å². The molecule has 2 aromatic carbocycles. The van der Waals surface area contributed by atoms with Gasteiger partial charge < -0.3 is 14.9 Å². The summed E-state index contributed by atoms with van der Waals surface area (Å²) in [6.45, 7) is 5.40. The minimum absolute atomic E-state index is 0.104. The number of β-amino-alcohol motifs (C(OH)–C–C–N with tert-alkyl or cyclic N) is 1. The molecule has 0 saturated carbocycles. The summed E-state index contributed by atoms with van der Waals surface area (Å²) in [5.74, 6) is -0.980. The lowest BCUT2D eigenvalue weighted by Gasteiger charge is -2.42. The Morgan fingerprint density at radius 2 is 2.09 bits per heavy atom. The number of ether oxygens (including phenoxy) is 1. The number of aliphatic hydroxyl groups is 1. The van der Waals surface area contributed by atoms with Gasteiger partial charge in [-0.15, -0.1) is 0 Å². The molecule has 0 aromatic heterocycles. The van der Waals surface area contributed by atoms with Crippen molar-refractivity contribution in [3.05, 3.63) is 76.6 Å². The second-order valence-electron chi connectivity index (χ2n) is 8.82. The van der Waals surface area contributed by atoms with Gasteiger partial charge in [0.25, 0.3) is 0 Å². The van der Waals surface area contributed by atoms with Gasteiger partial charge in [-0.05, 0) is 61.4 Å². The number of benzene rings is 2. The smallest absolute Gasteiger partial charge is 0.303 e. The molecule has 0 spiro atoms. The van der Waals surface area contributed by atoms with Crippen LogP contribution in [0.25, 0.3) is 6.08 Å². The average Bonchev–Trinajstić information content (AvgIpc) is 2.78. The van der Waals surface area contributed by atoms with Gasteiger partial charge in [-0.25, -0.2) is 4.39 Å². The van der Waals surface area contributed by atoms with Crippen molar-refractivity contribution in [1.29, 1.82) is 0 Å². The number of aryl methyl sites for hydroxylation is 1. The molecular formula is C27H34FNO4. The number of carboxylic acid groups (broad SMARTS) is 1. The molecule has 0 amide bonds. The van der Waals surface area contributed by atoms with E-state index in [-0.39, 0.29) is 24.9 Å². The van der Waals surface area contributed by atoms with Gasteiger partial charge in [-0.1, -0.05) is 48.6 Å². The van der Waals surface area contributed by atoms with Gasteiger partial charge in [-0.2, -0.15) is 0 Å². The molecule has 5 nitrogen and oxygen atoms in total. The van der Waals surface area contributed by atoms with Crippen LogP contribution in [0.1, 0.15) is 54.5 Å². The predicted molar refractivity (Wildman–Crippen MR) is 128 cm³/mol. The number of aliphatic hydroxyl groups excluding tert-OH is 1. The van der Waals surface area contributed by atoms with E-state index in [1.165, 1.54) is 0 Å². The molecule has 1 aliphatic heterocycles. The SMILES string of the molecule is Cc1ccc(C[C@@H]2CCN2C[C@@H](O)CO[C@H](C)c2ccccc2C=CCCC(=O)O)cc1F. The molecule has 3 rings (SSSR count). The Hall–Kier alpha value is -2.54. The van der Waals surface area contributed by atoms with E-state index in [0.29, 0.717) is 24.6 Å². The molecule has 1 fully saturated rings. The van der Waals surface area contributed by atoms with Crippen molar-refractivity contribution in [2.45, 2.75) is 57.8 Å². The maximum Gasteiger partial charge on any atom is 0.303 e. The number of nitrogens with zero attached hydrogens (tertiary/aromatic N) is 1. The lowest BCUT2D eigenvalue weighted by atomic mass is 9.94. The highest BCUT2D eigenvalue weighted by atomic mass is 19.1. The fourth-order valence-electron chi connectivity index (χ4n) is 4.12. The molecule has 6 heteroatoms. The molecule has 0 aliphatic carbocycles. The second kappa shape index (κ2) is 12.1. The van der Waals surface area contributed by atoms with Gasteiger partial charge in [0, 0.05) is 25.6 Å². The van der Waals surface area contributed by atoms with E-state index in [4.69, 9.17) is 9.84 Å². The molecule has 33 heavy (non-hydrogen) atoms. The van der Waals surface area contributed by atoms with Crippen LogP contribution in [0.15, 0.2) is 48.5 Å². The number of hydrogen-bond acceptors (Lipinski definition) is 4. The zero-order valence-electron chi connectivity index (χ0n) is 19.4. The number of hydrogen-bond donors (Lipinski definition) is 2. The highest BCUT2D eigenvalue weighted by molar-refractivity contribution is 5.67. The standard InChI is InChI=1S/C27H34FNO4/c1-19-11-12-21(16-26(19)28)15-23-13-14-29(23)17-24(30)18-33-20(2)25-9-5-3-7-22(25)8-4-6-10-27(31)32/h3-5,7-9,11-12,16,20,23-24,30H,6,10,13-15,17-18H2,1-2H3,(H,31,32)/t20-,23+,24-/m1/s1. The Morgan fingerprint density at radius 1 is 1.30 bits per heavy atom. The molecule has 0 radical (unpaired) electrons. The van der Waals surface area contributed by atoms with Crippen molar-refractivity contribution >= 4 is 12.0 Å². The van der Waals surface area contributed by atoms with Crippen molar-refractivity contribution in [2.75, 3.05) is 19.7 Å². The lowest BCUT2D eigenvalue weighted by Crippen LogP contribution is -2.52. The third kappa shape index (κ3) is 7.49. The third-order valence-electron chi connectivity index (χ3n) is 6.21. The van der Waals surface area contributed by atoms with Crippen LogP contribution in [-0.2, 0) is 16.0 Å². The number of halogens is 1. The Bertz CT molecular complexity index is 961. The van der Waals surface area contributed by atoms with Crippen molar-refractivity contribution < 1.29 is 24.1 Å². The maximum atomic E-state index is 13.8. The first kappa shape index (κ1) is 25.1. The molecule has 1 saturated heterocycles. The third-order valence-corrected chi connectivity index (χ3v) is 6.21. The van der Waals surface area contributed by atoms with Crippen molar-refractivity contribution in [3.63, 3.8) is 0 Å². The van der Waals surface area contributed by atoms with E-state index in [1.807, 2.05) is 55.5 Å². The molecule has 2 aromatic rings. The number of carbonyl (C=O) groups is 1. The van der Waals surface area contributed by atoms with Crippen LogP contribution in [0.2, 0.25) is 0 Å². The van der Waals surface area contributed by atoms with Crippen molar-refractivity contribution in [3.8, 4) is 0 Å². The molecule has 178 valence electrons. The first-order valence-corrected chi connectivity index (χ1v) is 11.6. The topological polar surface area (TPSA) is 70.0 Å². The Morgan fingerprint density at radius 3 is 2.79 bits per heavy atom. The van der Waals surface area contributed by atoms with Gasteiger partial charge in [0.2, 0.25) is 0 Å². The first-order chi connectivity index (χ1) is 15.8. The largest absolute Gasteiger partial charge is 0.481 e. The Balaban J connectivity index is 1.47. The molecule has 1 aliphatic rings. The van der Waals surface area contributed by atoms with Crippen LogP contribution < -0.4 is 0 Å². The zero-order valence-corrected chi connectivity index (χ0v) is 19.4. The molecule has 3 atom stereocenters. The van der Waals surface area contributed by atoms with E-state index in [9.17, 15) is 14.3 Å². The first-order valence-electron chi connectivity index (χ1n) is 11.6. The van der Waals surface area contributed by atoms with Crippen LogP contribution in [0.4, 0.5) is 4.39 Å². The molecule has 1 heterocycles. The fraction of sp³-hybridized carbons (Fsp3) is 0.444. The normalized spacial score (nSPS) is 18.2. The summed E-state index contributed by atoms with van der Waals surface area (Å²) >= 11 is 0. The number of aliphatic carboxylic acids is 1. The van der Waals surface area contributed by atoms with Crippen LogP contribution in [0.5, 0.6) is 0 Å². The monoisotopic (exact) mass is 455 g/mol. The minimum Gasteiger partial charge on any atom is -0.481 e. The highest BCUT2D eigenvalue weighted by Crippen LogP contribution is 2.25. The Kier molecular flexibility index (Phi) is 9.18. The number of allylic oxidation sites excluding steroid dienone is 1. The molecule has 0 unspecified atom stereocenters. The predicted octanol–water partition coefficient (Wildman–Crippen LogP) is 4.77. The molecular weight excluding hydrogens is 421 g/mol. The van der Waals surface area contributed by atoms with Crippen LogP contribution in [0, 0.1) is 12.7 Å². The van der Waals surface area contributed by atoms with Gasteiger partial charge in [0.15, 0.2) is 0 Å². The average molecular weight is 456 g/mol. The van der Waals surface area contributed by atoms with Crippen molar-refractivity contribution in [2.24, 2.45) is 0 Å². The van der Waals surface area contributed by atoms with Crippen LogP contribution in [0.3, 0.4) is 0 Å². The second-order valence-corrected chi connectivity index (χ2v) is 8.82. The lowest BCUT2D eigenvalue weighted by molar-refractivity contribution is -0.136. The van der Waals surface area contributed by atoms with E-state index < -0.39 is 12.1 Å². The van der Waals surface area contributed by atoms with Gasteiger partial charge in [-0.3, -0.25) is 9.69 Å². The summed E-state index contributed by atoms with van der Waals surface area (Å²) in [5.41, 5.74) is 3.63. The molecule has 0 bridgehead atoms. The van der Waals surface area contributed by atoms with Crippen molar-refractivity contribution in [1.82, 2.24) is 4.90 Å². The van der Waals surface area contributed by atoms with E-state index >= 15 is 0 Å². The zero-order chi connectivity index (χ0) is 23.8. The van der Waals surface area contributed by atoms with Crippen LogP contribution >= 0.6 is 0 Å². The molecule has 2 N–H and O–H groups in total.